The van der Waals surface area contributed by atoms with Gasteiger partial charge in [-0.05, 0) is 31.0 Å². The number of fused-ring (bicyclic) bond motifs is 1. The summed E-state index contributed by atoms with van der Waals surface area (Å²) in [6.07, 6.45) is 4.26. The number of hydrogen-bond donors (Lipinski definition) is 2. The van der Waals surface area contributed by atoms with E-state index in [0.29, 0.717) is 12.1 Å². The highest BCUT2D eigenvalue weighted by molar-refractivity contribution is 7.16. The molecule has 0 saturated heterocycles. The van der Waals surface area contributed by atoms with E-state index in [1.54, 1.807) is 16.8 Å². The Bertz CT molecular complexity index is 611. The minimum atomic E-state index is -0.195. The van der Waals surface area contributed by atoms with Crippen molar-refractivity contribution < 1.29 is 4.79 Å². The molecule has 2 aromatic rings. The number of halogens is 2. The number of nitrogens with zero attached hydrogens (tertiary/aromatic N) is 1. The SMILES string of the molecule is Cl.Cl.NCC1(NC(=O)c2ccc3ncsc3c2)CCCC1. The molecular weight excluding hydrogens is 329 g/mol. The highest BCUT2D eigenvalue weighted by atomic mass is 35.5. The van der Waals surface area contributed by atoms with Crippen molar-refractivity contribution in [1.82, 2.24) is 10.3 Å². The van der Waals surface area contributed by atoms with E-state index in [9.17, 15) is 4.79 Å². The highest BCUT2D eigenvalue weighted by Gasteiger charge is 2.34. The van der Waals surface area contributed by atoms with Gasteiger partial charge in [0.25, 0.3) is 5.91 Å². The summed E-state index contributed by atoms with van der Waals surface area (Å²) in [5.41, 5.74) is 9.08. The van der Waals surface area contributed by atoms with Gasteiger partial charge < -0.3 is 11.1 Å². The lowest BCUT2D eigenvalue weighted by Gasteiger charge is -2.28. The monoisotopic (exact) mass is 347 g/mol. The molecule has 1 saturated carbocycles. The van der Waals surface area contributed by atoms with Gasteiger partial charge in [-0.3, -0.25) is 4.79 Å². The average molecular weight is 348 g/mol. The maximum absolute atomic E-state index is 12.3. The van der Waals surface area contributed by atoms with Gasteiger partial charge in [0.15, 0.2) is 0 Å². The summed E-state index contributed by atoms with van der Waals surface area (Å²) >= 11 is 1.55. The van der Waals surface area contributed by atoms with Crippen LogP contribution in [0.25, 0.3) is 10.2 Å². The third kappa shape index (κ3) is 3.66. The first-order valence-corrected chi connectivity index (χ1v) is 7.46. The van der Waals surface area contributed by atoms with Crippen LogP contribution in [0.4, 0.5) is 0 Å². The van der Waals surface area contributed by atoms with Crippen molar-refractivity contribution >= 4 is 52.3 Å². The van der Waals surface area contributed by atoms with Gasteiger partial charge in [0.05, 0.1) is 21.3 Å². The van der Waals surface area contributed by atoms with E-state index < -0.39 is 0 Å². The summed E-state index contributed by atoms with van der Waals surface area (Å²) in [7, 11) is 0. The number of nitrogens with one attached hydrogen (secondary N) is 1. The zero-order valence-corrected chi connectivity index (χ0v) is 14.0. The van der Waals surface area contributed by atoms with Crippen LogP contribution in [0.15, 0.2) is 23.7 Å². The maximum atomic E-state index is 12.3. The summed E-state index contributed by atoms with van der Waals surface area (Å²) in [5.74, 6) is -0.0253. The zero-order chi connectivity index (χ0) is 13.3. The quantitative estimate of drug-likeness (QED) is 0.895. The fraction of sp³-hybridized carbons (Fsp3) is 0.429. The van der Waals surface area contributed by atoms with Crippen LogP contribution in [-0.4, -0.2) is 23.0 Å². The second-order valence-corrected chi connectivity index (χ2v) is 6.07. The minimum absolute atomic E-state index is 0. The molecule has 1 heterocycles. The molecular formula is C14H19Cl2N3OS. The number of thiazole rings is 1. The molecule has 3 N–H and O–H groups in total. The van der Waals surface area contributed by atoms with Gasteiger partial charge in [0.1, 0.15) is 0 Å². The Kier molecular flexibility index (Phi) is 6.41. The van der Waals surface area contributed by atoms with Crippen LogP contribution in [0.1, 0.15) is 36.0 Å². The molecule has 7 heteroatoms. The molecule has 1 fully saturated rings. The highest BCUT2D eigenvalue weighted by Crippen LogP contribution is 2.29. The van der Waals surface area contributed by atoms with Gasteiger partial charge in [-0.15, -0.1) is 36.2 Å². The Morgan fingerprint density at radius 3 is 2.71 bits per heavy atom. The van der Waals surface area contributed by atoms with Crippen molar-refractivity contribution in [3.8, 4) is 0 Å². The number of amides is 1. The first-order chi connectivity index (χ1) is 9.22. The third-order valence-electron chi connectivity index (χ3n) is 3.92. The second-order valence-electron chi connectivity index (χ2n) is 5.18. The van der Waals surface area contributed by atoms with E-state index in [2.05, 4.69) is 10.3 Å². The third-order valence-corrected chi connectivity index (χ3v) is 4.72. The topological polar surface area (TPSA) is 68.0 Å². The molecule has 116 valence electrons. The molecule has 0 radical (unpaired) electrons. The van der Waals surface area contributed by atoms with Crippen molar-refractivity contribution in [2.45, 2.75) is 31.2 Å². The number of rotatable bonds is 3. The van der Waals surface area contributed by atoms with Crippen LogP contribution in [-0.2, 0) is 0 Å². The molecule has 1 aliphatic rings. The molecule has 3 rings (SSSR count). The van der Waals surface area contributed by atoms with E-state index in [0.717, 1.165) is 35.9 Å². The average Bonchev–Trinajstić information content (AvgIpc) is 3.06. The number of carbonyl (C=O) groups excluding carboxylic acids is 1. The molecule has 4 nitrogen and oxygen atoms in total. The number of benzene rings is 1. The lowest BCUT2D eigenvalue weighted by Crippen LogP contribution is -2.51. The summed E-state index contributed by atoms with van der Waals surface area (Å²) in [4.78, 5) is 16.6. The summed E-state index contributed by atoms with van der Waals surface area (Å²) in [6, 6.07) is 5.63. The van der Waals surface area contributed by atoms with Crippen molar-refractivity contribution in [1.29, 1.82) is 0 Å². The molecule has 0 unspecified atom stereocenters. The Labute approximate surface area is 140 Å². The lowest BCUT2D eigenvalue weighted by atomic mass is 9.97. The lowest BCUT2D eigenvalue weighted by molar-refractivity contribution is 0.0903. The van der Waals surface area contributed by atoms with E-state index in [4.69, 9.17) is 5.73 Å². The standard InChI is InChI=1S/C14H17N3OS.2ClH/c15-8-14(5-1-2-6-14)17-13(18)10-3-4-11-12(7-10)19-9-16-11;;/h3-4,7,9H,1-2,5-6,8,15H2,(H,17,18);2*1H. The zero-order valence-electron chi connectivity index (χ0n) is 11.5. The number of carbonyl (C=O) groups is 1. The van der Waals surface area contributed by atoms with Crippen LogP contribution in [0, 0.1) is 0 Å². The van der Waals surface area contributed by atoms with E-state index in [1.165, 1.54) is 0 Å². The van der Waals surface area contributed by atoms with Gasteiger partial charge in [-0.2, -0.15) is 0 Å². The maximum Gasteiger partial charge on any atom is 0.251 e. The Morgan fingerprint density at radius 2 is 2.05 bits per heavy atom. The fourth-order valence-electron chi connectivity index (χ4n) is 2.74. The first kappa shape index (κ1) is 18.2. The molecule has 21 heavy (non-hydrogen) atoms. The smallest absolute Gasteiger partial charge is 0.251 e. The van der Waals surface area contributed by atoms with Crippen molar-refractivity contribution in [2.75, 3.05) is 6.54 Å². The number of aromatic nitrogens is 1. The minimum Gasteiger partial charge on any atom is -0.345 e. The summed E-state index contributed by atoms with van der Waals surface area (Å²) in [6.45, 7) is 0.515. The molecule has 0 bridgehead atoms. The molecule has 1 aliphatic carbocycles. The van der Waals surface area contributed by atoms with Gasteiger partial charge in [0.2, 0.25) is 0 Å². The predicted octanol–water partition coefficient (Wildman–Crippen LogP) is 3.14. The van der Waals surface area contributed by atoms with Crippen LogP contribution in [0.3, 0.4) is 0 Å². The van der Waals surface area contributed by atoms with Gasteiger partial charge >= 0.3 is 0 Å². The van der Waals surface area contributed by atoms with Gasteiger partial charge in [0, 0.05) is 12.1 Å². The first-order valence-electron chi connectivity index (χ1n) is 6.58. The van der Waals surface area contributed by atoms with Gasteiger partial charge in [-0.1, -0.05) is 12.8 Å². The van der Waals surface area contributed by atoms with E-state index >= 15 is 0 Å². The molecule has 1 aromatic carbocycles. The molecule has 1 aromatic heterocycles. The van der Waals surface area contributed by atoms with Crippen LogP contribution >= 0.6 is 36.2 Å². The van der Waals surface area contributed by atoms with Crippen LogP contribution < -0.4 is 11.1 Å². The predicted molar refractivity (Wildman–Crippen MR) is 91.8 cm³/mol. The Hall–Kier alpha value is -0.880. The Morgan fingerprint density at radius 1 is 1.33 bits per heavy atom. The normalized spacial score (nSPS) is 16.0. The largest absolute Gasteiger partial charge is 0.345 e. The summed E-state index contributed by atoms with van der Waals surface area (Å²) < 4.78 is 1.04. The molecule has 0 aliphatic heterocycles. The molecule has 0 atom stereocenters. The fourth-order valence-corrected chi connectivity index (χ4v) is 3.46. The van der Waals surface area contributed by atoms with Crippen LogP contribution in [0.2, 0.25) is 0 Å². The molecule has 1 amide bonds. The van der Waals surface area contributed by atoms with Gasteiger partial charge in [-0.25, -0.2) is 4.98 Å². The number of hydrogen-bond acceptors (Lipinski definition) is 4. The van der Waals surface area contributed by atoms with Crippen molar-refractivity contribution in [2.24, 2.45) is 5.73 Å². The Balaban J connectivity index is 0.00000110. The van der Waals surface area contributed by atoms with Crippen molar-refractivity contribution in [3.05, 3.63) is 29.3 Å². The summed E-state index contributed by atoms with van der Waals surface area (Å²) in [5, 5.41) is 3.14. The second kappa shape index (κ2) is 7.40. The van der Waals surface area contributed by atoms with E-state index in [1.807, 2.05) is 18.2 Å². The van der Waals surface area contributed by atoms with Crippen LogP contribution in [0.5, 0.6) is 0 Å². The number of nitrogens with two attached hydrogens (primary N) is 1. The van der Waals surface area contributed by atoms with Crippen molar-refractivity contribution in [3.63, 3.8) is 0 Å². The molecule has 0 spiro atoms. The van der Waals surface area contributed by atoms with E-state index in [-0.39, 0.29) is 36.3 Å².